The van der Waals surface area contributed by atoms with E-state index in [4.69, 9.17) is 16.3 Å². The lowest BCUT2D eigenvalue weighted by Crippen LogP contribution is -2.46. The largest absolute Gasteiger partial charge is 0.492 e. The Morgan fingerprint density at radius 1 is 1.26 bits per heavy atom. The summed E-state index contributed by atoms with van der Waals surface area (Å²) < 4.78 is 6.79. The number of carbonyl (C=O) groups excluding carboxylic acids is 2. The van der Waals surface area contributed by atoms with Gasteiger partial charge in [-0.2, -0.15) is 12.6 Å². The van der Waals surface area contributed by atoms with Gasteiger partial charge in [-0.1, -0.05) is 40.2 Å². The Bertz CT molecular complexity index is 925. The van der Waals surface area contributed by atoms with Gasteiger partial charge >= 0.3 is 0 Å². The molecule has 2 aromatic rings. The van der Waals surface area contributed by atoms with Gasteiger partial charge in [0.25, 0.3) is 5.91 Å². The summed E-state index contributed by atoms with van der Waals surface area (Å²) in [6, 6.07) is 12.0. The molecule has 1 heterocycles. The number of hydrogen-bond acceptors (Lipinski definition) is 6. The number of ether oxygens (including phenoxy) is 1. The highest BCUT2D eigenvalue weighted by atomic mass is 79.9. The number of nitrogens with zero attached hydrogens (tertiary/aromatic N) is 1. The predicted octanol–water partition coefficient (Wildman–Crippen LogP) is 2.59. The van der Waals surface area contributed by atoms with E-state index >= 15 is 0 Å². The lowest BCUT2D eigenvalue weighted by atomic mass is 9.96. The number of halogens is 1. The first kappa shape index (κ1) is 23.6. The maximum absolute atomic E-state index is 13.1. The fourth-order valence-electron chi connectivity index (χ4n) is 3.65. The molecular formula is C22H27BrN4O3S. The van der Waals surface area contributed by atoms with Crippen LogP contribution in [0.15, 0.2) is 46.9 Å². The molecule has 0 bridgehead atoms. The summed E-state index contributed by atoms with van der Waals surface area (Å²) in [6.07, 6.45) is 1.89. The summed E-state index contributed by atoms with van der Waals surface area (Å²) in [5, 5.41) is 4.54. The summed E-state index contributed by atoms with van der Waals surface area (Å²) in [7, 11) is 0. The van der Waals surface area contributed by atoms with Crippen LogP contribution >= 0.6 is 28.6 Å². The maximum Gasteiger partial charge on any atom is 0.255 e. The van der Waals surface area contributed by atoms with Crippen LogP contribution < -0.4 is 21.6 Å². The molecule has 3 rings (SSSR count). The summed E-state index contributed by atoms with van der Waals surface area (Å²) in [5.74, 6) is 6.52. The zero-order valence-electron chi connectivity index (χ0n) is 17.1. The zero-order valence-corrected chi connectivity index (χ0v) is 19.6. The topological polar surface area (TPSA) is 111 Å². The minimum absolute atomic E-state index is 0.0499. The number of hydrogen-bond donors (Lipinski definition) is 4. The van der Waals surface area contributed by atoms with Gasteiger partial charge in [0.2, 0.25) is 5.91 Å². The number of nitrogens with one attached hydrogen (secondary N) is 1. The van der Waals surface area contributed by atoms with Gasteiger partial charge in [0.05, 0.1) is 18.2 Å². The predicted molar refractivity (Wildman–Crippen MR) is 127 cm³/mol. The molecule has 2 amide bonds. The van der Waals surface area contributed by atoms with Crippen molar-refractivity contribution in [3.05, 3.63) is 63.6 Å². The molecule has 2 aromatic carbocycles. The van der Waals surface area contributed by atoms with Gasteiger partial charge in [0, 0.05) is 29.4 Å². The van der Waals surface area contributed by atoms with E-state index in [2.05, 4.69) is 33.9 Å². The van der Waals surface area contributed by atoms with E-state index in [0.29, 0.717) is 30.9 Å². The molecule has 166 valence electrons. The summed E-state index contributed by atoms with van der Waals surface area (Å²) >= 11 is 7.63. The van der Waals surface area contributed by atoms with Crippen molar-refractivity contribution in [2.45, 2.75) is 31.3 Å². The summed E-state index contributed by atoms with van der Waals surface area (Å²) in [6.45, 7) is 1.15. The summed E-state index contributed by atoms with van der Waals surface area (Å²) in [4.78, 5) is 25.1. The van der Waals surface area contributed by atoms with E-state index in [0.717, 1.165) is 34.2 Å². The van der Waals surface area contributed by atoms with Crippen LogP contribution in [0.5, 0.6) is 5.75 Å². The average molecular weight is 507 g/mol. The van der Waals surface area contributed by atoms with Crippen molar-refractivity contribution in [3.8, 4) is 5.75 Å². The smallest absolute Gasteiger partial charge is 0.255 e. The van der Waals surface area contributed by atoms with Crippen LogP contribution in [0.2, 0.25) is 0 Å². The van der Waals surface area contributed by atoms with E-state index in [1.54, 1.807) is 17.1 Å². The first-order chi connectivity index (χ1) is 14.9. The van der Waals surface area contributed by atoms with Crippen LogP contribution in [-0.2, 0) is 11.2 Å². The van der Waals surface area contributed by atoms with E-state index in [-0.39, 0.29) is 6.04 Å². The standard InChI is InChI=1S/C22H27BrN4O3S/c23-15-7-5-14(6-8-15)13-18(21(24)28)26-22(29)17-4-1-3-16-19(9-11-30-20(16)17)27(25)10-2-12-31/h1,3-8,18-19,31H,2,9-13,25H2,(H2,24,28)(H,26,29)/t18-,19-/m0/s1. The first-order valence-electron chi connectivity index (χ1n) is 10.1. The molecule has 1 aliphatic rings. The number of primary amides is 1. The Morgan fingerprint density at radius 3 is 2.68 bits per heavy atom. The van der Waals surface area contributed by atoms with Crippen LogP contribution in [0.1, 0.15) is 40.4 Å². The number of thiol groups is 1. The number of rotatable bonds is 9. The third-order valence-electron chi connectivity index (χ3n) is 5.26. The number of hydrazine groups is 1. The third kappa shape index (κ3) is 6.00. The van der Waals surface area contributed by atoms with E-state index in [9.17, 15) is 9.59 Å². The van der Waals surface area contributed by atoms with E-state index in [1.165, 1.54) is 0 Å². The minimum Gasteiger partial charge on any atom is -0.492 e. The molecule has 31 heavy (non-hydrogen) atoms. The highest BCUT2D eigenvalue weighted by Crippen LogP contribution is 2.37. The van der Waals surface area contributed by atoms with Gasteiger partial charge < -0.3 is 15.8 Å². The normalized spacial score (nSPS) is 16.3. The summed E-state index contributed by atoms with van der Waals surface area (Å²) in [5.41, 5.74) is 7.69. The highest BCUT2D eigenvalue weighted by Gasteiger charge is 2.30. The van der Waals surface area contributed by atoms with E-state index < -0.39 is 17.9 Å². The number of carbonyl (C=O) groups is 2. The molecular weight excluding hydrogens is 480 g/mol. The Hall–Kier alpha value is -2.07. The zero-order chi connectivity index (χ0) is 22.4. The Labute approximate surface area is 196 Å². The minimum atomic E-state index is -0.842. The molecule has 0 saturated carbocycles. The van der Waals surface area contributed by atoms with Gasteiger partial charge in [0.1, 0.15) is 11.8 Å². The lowest BCUT2D eigenvalue weighted by Gasteiger charge is -2.33. The van der Waals surface area contributed by atoms with Crippen molar-refractivity contribution in [1.29, 1.82) is 0 Å². The molecule has 0 saturated heterocycles. The molecule has 0 fully saturated rings. The van der Waals surface area contributed by atoms with E-state index in [1.807, 2.05) is 30.3 Å². The molecule has 9 heteroatoms. The second kappa shape index (κ2) is 11.0. The number of nitrogens with two attached hydrogens (primary N) is 2. The third-order valence-corrected chi connectivity index (χ3v) is 6.11. The van der Waals surface area contributed by atoms with Crippen molar-refractivity contribution in [3.63, 3.8) is 0 Å². The van der Waals surface area contributed by atoms with Gasteiger partial charge in [-0.15, -0.1) is 0 Å². The quantitative estimate of drug-likeness (QED) is 0.237. The monoisotopic (exact) mass is 506 g/mol. The van der Waals surface area contributed by atoms with Crippen molar-refractivity contribution >= 4 is 40.4 Å². The lowest BCUT2D eigenvalue weighted by molar-refractivity contribution is -0.119. The number of benzene rings is 2. The van der Waals surface area contributed by atoms with Crippen LogP contribution in [0.25, 0.3) is 0 Å². The van der Waals surface area contributed by atoms with Crippen LogP contribution in [0.4, 0.5) is 0 Å². The molecule has 0 spiro atoms. The molecule has 2 atom stereocenters. The van der Waals surface area contributed by atoms with Gasteiger partial charge in [-0.05, 0) is 35.9 Å². The first-order valence-corrected chi connectivity index (χ1v) is 11.6. The number of amides is 2. The molecule has 0 radical (unpaired) electrons. The molecule has 0 aromatic heterocycles. The second-order valence-corrected chi connectivity index (χ2v) is 8.81. The van der Waals surface area contributed by atoms with Crippen LogP contribution in [0.3, 0.4) is 0 Å². The number of para-hydroxylation sites is 1. The van der Waals surface area contributed by atoms with Crippen molar-refractivity contribution in [2.75, 3.05) is 18.9 Å². The maximum atomic E-state index is 13.1. The van der Waals surface area contributed by atoms with Crippen LogP contribution in [0, 0.1) is 0 Å². The average Bonchev–Trinajstić information content (AvgIpc) is 2.77. The van der Waals surface area contributed by atoms with Gasteiger partial charge in [-0.25, -0.2) is 5.01 Å². The molecule has 0 unspecified atom stereocenters. The Morgan fingerprint density at radius 2 is 2.00 bits per heavy atom. The number of fused-ring (bicyclic) bond motifs is 1. The van der Waals surface area contributed by atoms with Gasteiger partial charge in [-0.3, -0.25) is 15.4 Å². The molecule has 0 aliphatic carbocycles. The Balaban J connectivity index is 1.79. The van der Waals surface area contributed by atoms with Crippen LogP contribution in [-0.4, -0.2) is 41.8 Å². The fraction of sp³-hybridized carbons (Fsp3) is 0.364. The van der Waals surface area contributed by atoms with Crippen molar-refractivity contribution in [1.82, 2.24) is 10.3 Å². The second-order valence-electron chi connectivity index (χ2n) is 7.45. The van der Waals surface area contributed by atoms with Crippen molar-refractivity contribution < 1.29 is 14.3 Å². The SMILES string of the molecule is NC(=O)[C@H](Cc1ccc(Br)cc1)NC(=O)c1cccc2c1OCC[C@@H]2N(N)CCCS. The van der Waals surface area contributed by atoms with Crippen molar-refractivity contribution in [2.24, 2.45) is 11.6 Å². The molecule has 7 nitrogen and oxygen atoms in total. The Kier molecular flexibility index (Phi) is 8.36. The molecule has 5 N–H and O–H groups in total. The van der Waals surface area contributed by atoms with Gasteiger partial charge in [0.15, 0.2) is 0 Å². The fourth-order valence-corrected chi connectivity index (χ4v) is 4.06. The molecule has 1 aliphatic heterocycles. The highest BCUT2D eigenvalue weighted by molar-refractivity contribution is 9.10.